The number of benzene rings is 4. The highest BCUT2D eigenvalue weighted by Crippen LogP contribution is 2.30. The average Bonchev–Trinajstić information content (AvgIpc) is 3.06. The summed E-state index contributed by atoms with van der Waals surface area (Å²) in [5.41, 5.74) is 6.28. The van der Waals surface area contributed by atoms with Gasteiger partial charge in [0.1, 0.15) is 34.5 Å². The van der Waals surface area contributed by atoms with Crippen LogP contribution < -0.4 is 18.9 Å². The standard InChI is InChI=1S/C20H24O4.C20H22O4/c2*1-5-23-20(21)11-8-16-7-10-17(12-15(16)3)24-18-9-6-14(2)19(13-18)22-4/h6-7,9-10,12-13H,5,8,11H2,1-4H3;6-13H,5H2,1-4H3/b;11-8-. The molecule has 0 heterocycles. The summed E-state index contributed by atoms with van der Waals surface area (Å²) in [5.74, 6) is 4.02. The molecular weight excluding hydrogens is 608 g/mol. The Morgan fingerprint density at radius 1 is 0.604 bits per heavy atom. The number of hydrogen-bond acceptors (Lipinski definition) is 8. The van der Waals surface area contributed by atoms with Gasteiger partial charge < -0.3 is 28.4 Å². The number of aryl methyl sites for hydroxylation is 5. The van der Waals surface area contributed by atoms with Crippen molar-refractivity contribution in [2.45, 2.75) is 54.4 Å². The van der Waals surface area contributed by atoms with Crippen molar-refractivity contribution in [2.75, 3.05) is 27.4 Å². The highest BCUT2D eigenvalue weighted by Gasteiger charge is 2.08. The minimum atomic E-state index is -0.344. The van der Waals surface area contributed by atoms with Crippen LogP contribution in [0.15, 0.2) is 78.9 Å². The Hall–Kier alpha value is -5.24. The lowest BCUT2D eigenvalue weighted by Gasteiger charge is -2.12. The van der Waals surface area contributed by atoms with Crippen molar-refractivity contribution in [3.8, 4) is 34.5 Å². The van der Waals surface area contributed by atoms with E-state index in [1.54, 1.807) is 27.2 Å². The highest BCUT2D eigenvalue weighted by molar-refractivity contribution is 5.87. The molecule has 0 bridgehead atoms. The van der Waals surface area contributed by atoms with Crippen molar-refractivity contribution in [2.24, 2.45) is 0 Å². The number of methoxy groups -OCH3 is 2. The average molecular weight is 655 g/mol. The van der Waals surface area contributed by atoms with Gasteiger partial charge in [0.2, 0.25) is 0 Å². The van der Waals surface area contributed by atoms with Crippen molar-refractivity contribution >= 4 is 18.0 Å². The van der Waals surface area contributed by atoms with E-state index in [1.165, 1.54) is 6.08 Å². The first-order valence-electron chi connectivity index (χ1n) is 15.9. The second-order valence-electron chi connectivity index (χ2n) is 11.0. The van der Waals surface area contributed by atoms with Crippen LogP contribution in [0.4, 0.5) is 0 Å². The fourth-order valence-electron chi connectivity index (χ4n) is 4.73. The van der Waals surface area contributed by atoms with E-state index < -0.39 is 0 Å². The molecule has 4 aromatic carbocycles. The molecule has 8 heteroatoms. The van der Waals surface area contributed by atoms with Crippen LogP contribution in [0.5, 0.6) is 34.5 Å². The van der Waals surface area contributed by atoms with Gasteiger partial charge in [0.25, 0.3) is 0 Å². The normalized spacial score (nSPS) is 10.5. The molecule has 4 rings (SSSR count). The first-order chi connectivity index (χ1) is 23.1. The maximum absolute atomic E-state index is 11.5. The second-order valence-corrected chi connectivity index (χ2v) is 11.0. The lowest BCUT2D eigenvalue weighted by molar-refractivity contribution is -0.143. The summed E-state index contributed by atoms with van der Waals surface area (Å²) in [6.07, 6.45) is 4.23. The molecule has 0 aliphatic rings. The van der Waals surface area contributed by atoms with Crippen molar-refractivity contribution in [3.05, 3.63) is 112 Å². The third-order valence-electron chi connectivity index (χ3n) is 7.38. The zero-order valence-electron chi connectivity index (χ0n) is 29.2. The molecule has 0 fully saturated rings. The van der Waals surface area contributed by atoms with Crippen LogP contribution in [0, 0.1) is 27.7 Å². The predicted octanol–water partition coefficient (Wildman–Crippen LogP) is 9.28. The summed E-state index contributed by atoms with van der Waals surface area (Å²) in [4.78, 5) is 22.8. The van der Waals surface area contributed by atoms with E-state index in [1.807, 2.05) is 107 Å². The molecule has 8 nitrogen and oxygen atoms in total. The van der Waals surface area contributed by atoms with Crippen LogP contribution in [-0.2, 0) is 25.5 Å². The van der Waals surface area contributed by atoms with E-state index in [4.69, 9.17) is 28.4 Å². The molecule has 0 N–H and O–H groups in total. The fraction of sp³-hybridized carbons (Fsp3) is 0.300. The van der Waals surface area contributed by atoms with Crippen molar-refractivity contribution in [1.82, 2.24) is 0 Å². The van der Waals surface area contributed by atoms with Crippen LogP contribution in [0.3, 0.4) is 0 Å². The Labute approximate surface area is 284 Å². The van der Waals surface area contributed by atoms with E-state index in [0.29, 0.717) is 31.8 Å². The van der Waals surface area contributed by atoms with E-state index in [0.717, 1.165) is 62.1 Å². The van der Waals surface area contributed by atoms with Gasteiger partial charge in [-0.15, -0.1) is 0 Å². The topological polar surface area (TPSA) is 89.5 Å². The molecule has 254 valence electrons. The molecular formula is C40H46O8. The maximum atomic E-state index is 11.5. The predicted molar refractivity (Wildman–Crippen MR) is 189 cm³/mol. The van der Waals surface area contributed by atoms with Crippen LogP contribution in [-0.4, -0.2) is 39.4 Å². The molecule has 0 radical (unpaired) electrons. The van der Waals surface area contributed by atoms with Gasteiger partial charge >= 0.3 is 11.9 Å². The van der Waals surface area contributed by atoms with Crippen LogP contribution >= 0.6 is 0 Å². The summed E-state index contributed by atoms with van der Waals surface area (Å²) in [7, 11) is 3.29. The minimum absolute atomic E-state index is 0.163. The van der Waals surface area contributed by atoms with E-state index in [2.05, 4.69) is 0 Å². The van der Waals surface area contributed by atoms with Gasteiger partial charge in [-0.3, -0.25) is 4.79 Å². The largest absolute Gasteiger partial charge is 0.496 e. The van der Waals surface area contributed by atoms with Crippen LogP contribution in [0.25, 0.3) is 6.08 Å². The third kappa shape index (κ3) is 11.5. The van der Waals surface area contributed by atoms with Gasteiger partial charge in [-0.2, -0.15) is 0 Å². The molecule has 0 amide bonds. The SMILES string of the molecule is CCOC(=O)/C=C\c1ccc(Oc2ccc(C)c(OC)c2)cc1C.CCOC(=O)CCc1ccc(Oc2ccc(C)c(OC)c2)cc1C. The zero-order valence-corrected chi connectivity index (χ0v) is 29.2. The van der Waals surface area contributed by atoms with Crippen molar-refractivity contribution < 1.29 is 38.0 Å². The number of ether oxygens (including phenoxy) is 6. The van der Waals surface area contributed by atoms with E-state index in [9.17, 15) is 9.59 Å². The number of hydrogen-bond donors (Lipinski definition) is 0. The summed E-state index contributed by atoms with van der Waals surface area (Å²) in [6.45, 7) is 12.3. The zero-order chi connectivity index (χ0) is 35.1. The molecule has 4 aromatic rings. The maximum Gasteiger partial charge on any atom is 0.330 e. The van der Waals surface area contributed by atoms with E-state index in [-0.39, 0.29) is 11.9 Å². The molecule has 0 unspecified atom stereocenters. The monoisotopic (exact) mass is 654 g/mol. The molecule has 0 saturated carbocycles. The molecule has 0 aliphatic carbocycles. The Morgan fingerprint density at radius 2 is 1.10 bits per heavy atom. The van der Waals surface area contributed by atoms with Crippen LogP contribution in [0.2, 0.25) is 0 Å². The summed E-state index contributed by atoms with van der Waals surface area (Å²) < 4.78 is 32.2. The summed E-state index contributed by atoms with van der Waals surface area (Å²) in [6, 6.07) is 23.1. The minimum Gasteiger partial charge on any atom is -0.496 e. The second kappa shape index (κ2) is 18.8. The number of carbonyl (C=O) groups is 2. The first-order valence-corrected chi connectivity index (χ1v) is 15.9. The summed E-state index contributed by atoms with van der Waals surface area (Å²) in [5, 5.41) is 0. The van der Waals surface area contributed by atoms with Gasteiger partial charge in [0.15, 0.2) is 0 Å². The van der Waals surface area contributed by atoms with Crippen molar-refractivity contribution in [1.29, 1.82) is 0 Å². The third-order valence-corrected chi connectivity index (χ3v) is 7.38. The smallest absolute Gasteiger partial charge is 0.330 e. The number of esters is 2. The van der Waals surface area contributed by atoms with Gasteiger partial charge in [0, 0.05) is 24.6 Å². The molecule has 0 aliphatic heterocycles. The van der Waals surface area contributed by atoms with Gasteiger partial charge in [0.05, 0.1) is 27.4 Å². The lowest BCUT2D eigenvalue weighted by Crippen LogP contribution is -2.05. The van der Waals surface area contributed by atoms with Gasteiger partial charge in [-0.25, -0.2) is 4.79 Å². The highest BCUT2D eigenvalue weighted by atomic mass is 16.5. The number of rotatable bonds is 13. The molecule has 48 heavy (non-hydrogen) atoms. The van der Waals surface area contributed by atoms with Gasteiger partial charge in [-0.05, 0) is 124 Å². The Morgan fingerprint density at radius 3 is 1.60 bits per heavy atom. The fourth-order valence-corrected chi connectivity index (χ4v) is 4.73. The molecule has 0 saturated heterocycles. The quantitative estimate of drug-likeness (QED) is 0.104. The first kappa shape index (κ1) is 37.2. The van der Waals surface area contributed by atoms with Crippen molar-refractivity contribution in [3.63, 3.8) is 0 Å². The Bertz CT molecular complexity index is 1710. The van der Waals surface area contributed by atoms with E-state index >= 15 is 0 Å². The summed E-state index contributed by atoms with van der Waals surface area (Å²) >= 11 is 0. The van der Waals surface area contributed by atoms with Crippen LogP contribution in [0.1, 0.15) is 53.6 Å². The molecule has 0 atom stereocenters. The lowest BCUT2D eigenvalue weighted by atomic mass is 10.0. The molecule has 0 aromatic heterocycles. The Kier molecular flexibility index (Phi) is 14.6. The Balaban J connectivity index is 0.000000260. The van der Waals surface area contributed by atoms with Gasteiger partial charge in [-0.1, -0.05) is 24.3 Å². The number of carbonyl (C=O) groups excluding carboxylic acids is 2. The molecule has 0 spiro atoms.